The van der Waals surface area contributed by atoms with Gasteiger partial charge in [0.25, 0.3) is 5.91 Å². The first-order chi connectivity index (χ1) is 11.6. The van der Waals surface area contributed by atoms with Crippen LogP contribution >= 0.6 is 27.5 Å². The van der Waals surface area contributed by atoms with Crippen LogP contribution in [0.1, 0.15) is 16.1 Å². The fraction of sp³-hybridized carbons (Fsp3) is 0. The highest BCUT2D eigenvalue weighted by atomic mass is 79.9. The Labute approximate surface area is 152 Å². The standard InChI is InChI=1S/C18H12BrClN2O2/c19-14-6-4-12(5-7-14)18(23)22-21-11-16-8-9-17(24-16)13-2-1-3-15(20)10-13/h1-11H,(H,22,23)/b21-11+. The average molecular weight is 404 g/mol. The van der Waals surface area contributed by atoms with Gasteiger partial charge in [-0.3, -0.25) is 4.79 Å². The van der Waals surface area contributed by atoms with E-state index >= 15 is 0 Å². The van der Waals surface area contributed by atoms with Gasteiger partial charge in [0.2, 0.25) is 0 Å². The van der Waals surface area contributed by atoms with E-state index in [1.165, 1.54) is 6.21 Å². The summed E-state index contributed by atoms with van der Waals surface area (Å²) in [5.41, 5.74) is 3.86. The zero-order chi connectivity index (χ0) is 16.9. The van der Waals surface area contributed by atoms with Crippen LogP contribution in [0.25, 0.3) is 11.3 Å². The minimum Gasteiger partial charge on any atom is -0.455 e. The molecule has 3 aromatic rings. The molecule has 0 fully saturated rings. The second kappa shape index (κ2) is 7.47. The zero-order valence-electron chi connectivity index (χ0n) is 12.4. The third kappa shape index (κ3) is 4.13. The van der Waals surface area contributed by atoms with Gasteiger partial charge >= 0.3 is 0 Å². The predicted molar refractivity (Wildman–Crippen MR) is 98.4 cm³/mol. The van der Waals surface area contributed by atoms with E-state index in [0.29, 0.717) is 22.1 Å². The summed E-state index contributed by atoms with van der Waals surface area (Å²) in [5.74, 6) is 0.916. The van der Waals surface area contributed by atoms with Crippen molar-refractivity contribution in [2.75, 3.05) is 0 Å². The van der Waals surface area contributed by atoms with Crippen molar-refractivity contribution in [2.24, 2.45) is 5.10 Å². The van der Waals surface area contributed by atoms with Crippen LogP contribution in [0.15, 0.2) is 74.7 Å². The third-order valence-corrected chi connectivity index (χ3v) is 3.96. The number of carbonyl (C=O) groups is 1. The van der Waals surface area contributed by atoms with Crippen molar-refractivity contribution in [3.05, 3.63) is 81.5 Å². The lowest BCUT2D eigenvalue weighted by Crippen LogP contribution is -2.17. The third-order valence-electron chi connectivity index (χ3n) is 3.20. The maximum atomic E-state index is 11.9. The fourth-order valence-electron chi connectivity index (χ4n) is 2.04. The van der Waals surface area contributed by atoms with E-state index in [4.69, 9.17) is 16.0 Å². The topological polar surface area (TPSA) is 54.6 Å². The number of rotatable bonds is 4. The van der Waals surface area contributed by atoms with Crippen molar-refractivity contribution in [1.82, 2.24) is 5.43 Å². The summed E-state index contributed by atoms with van der Waals surface area (Å²) in [6, 6.07) is 18.0. The molecule has 6 heteroatoms. The summed E-state index contributed by atoms with van der Waals surface area (Å²) in [7, 11) is 0. The van der Waals surface area contributed by atoms with Crippen molar-refractivity contribution in [1.29, 1.82) is 0 Å². The number of nitrogens with zero attached hydrogens (tertiary/aromatic N) is 1. The van der Waals surface area contributed by atoms with E-state index in [0.717, 1.165) is 10.0 Å². The van der Waals surface area contributed by atoms with E-state index in [2.05, 4.69) is 26.5 Å². The molecule has 24 heavy (non-hydrogen) atoms. The van der Waals surface area contributed by atoms with Crippen LogP contribution in [0.2, 0.25) is 5.02 Å². The van der Waals surface area contributed by atoms with E-state index in [1.807, 2.05) is 24.3 Å². The van der Waals surface area contributed by atoms with Gasteiger partial charge in [0.1, 0.15) is 11.5 Å². The highest BCUT2D eigenvalue weighted by molar-refractivity contribution is 9.10. The molecule has 2 aromatic carbocycles. The summed E-state index contributed by atoms with van der Waals surface area (Å²) >= 11 is 9.29. The molecule has 1 aromatic heterocycles. The molecule has 0 aliphatic carbocycles. The van der Waals surface area contributed by atoms with Gasteiger partial charge in [-0.2, -0.15) is 5.10 Å². The first-order valence-corrected chi connectivity index (χ1v) is 8.24. The van der Waals surface area contributed by atoms with E-state index < -0.39 is 0 Å². The highest BCUT2D eigenvalue weighted by Crippen LogP contribution is 2.24. The van der Waals surface area contributed by atoms with Gasteiger partial charge < -0.3 is 4.42 Å². The van der Waals surface area contributed by atoms with Gasteiger partial charge in [-0.25, -0.2) is 5.43 Å². The van der Waals surface area contributed by atoms with Crippen molar-refractivity contribution in [2.45, 2.75) is 0 Å². The van der Waals surface area contributed by atoms with Crippen molar-refractivity contribution < 1.29 is 9.21 Å². The van der Waals surface area contributed by atoms with Crippen molar-refractivity contribution in [3.63, 3.8) is 0 Å². The monoisotopic (exact) mass is 402 g/mol. The van der Waals surface area contributed by atoms with Crippen LogP contribution in [-0.4, -0.2) is 12.1 Å². The highest BCUT2D eigenvalue weighted by Gasteiger charge is 2.05. The molecular weight excluding hydrogens is 392 g/mol. The van der Waals surface area contributed by atoms with Crippen LogP contribution < -0.4 is 5.43 Å². The first-order valence-electron chi connectivity index (χ1n) is 7.06. The summed E-state index contributed by atoms with van der Waals surface area (Å²) < 4.78 is 6.57. The first kappa shape index (κ1) is 16.5. The number of furan rings is 1. The molecule has 0 unspecified atom stereocenters. The molecule has 1 heterocycles. The zero-order valence-corrected chi connectivity index (χ0v) is 14.7. The second-order valence-corrected chi connectivity index (χ2v) is 6.27. The van der Waals surface area contributed by atoms with Gasteiger partial charge in [0.05, 0.1) is 6.21 Å². The molecule has 0 radical (unpaired) electrons. The summed E-state index contributed by atoms with van der Waals surface area (Å²) in [6.07, 6.45) is 1.45. The Kier molecular flexibility index (Phi) is 5.13. The van der Waals surface area contributed by atoms with E-state index in [-0.39, 0.29) is 5.91 Å². The lowest BCUT2D eigenvalue weighted by atomic mass is 10.2. The number of amides is 1. The molecule has 0 spiro atoms. The molecule has 120 valence electrons. The number of benzene rings is 2. The van der Waals surface area contributed by atoms with E-state index in [1.54, 1.807) is 36.4 Å². The average Bonchev–Trinajstić information content (AvgIpc) is 3.04. The van der Waals surface area contributed by atoms with Gasteiger partial charge in [-0.15, -0.1) is 0 Å². The van der Waals surface area contributed by atoms with Crippen LogP contribution in [0.3, 0.4) is 0 Å². The van der Waals surface area contributed by atoms with Crippen LogP contribution in [0.4, 0.5) is 0 Å². The van der Waals surface area contributed by atoms with Gasteiger partial charge in [0.15, 0.2) is 0 Å². The van der Waals surface area contributed by atoms with Crippen molar-refractivity contribution >= 4 is 39.7 Å². The molecule has 1 amide bonds. The maximum absolute atomic E-state index is 11.9. The molecule has 0 atom stereocenters. The Balaban J connectivity index is 1.65. The van der Waals surface area contributed by atoms with E-state index in [9.17, 15) is 4.79 Å². The molecule has 0 saturated heterocycles. The summed E-state index contributed by atoms with van der Waals surface area (Å²) in [4.78, 5) is 11.9. The van der Waals surface area contributed by atoms with Gasteiger partial charge in [-0.05, 0) is 48.5 Å². The number of halogens is 2. The molecule has 3 rings (SSSR count). The summed E-state index contributed by atoms with van der Waals surface area (Å²) in [5, 5.41) is 4.55. The number of hydrogen-bond donors (Lipinski definition) is 1. The molecule has 0 aliphatic rings. The maximum Gasteiger partial charge on any atom is 0.271 e. The normalized spacial score (nSPS) is 10.9. The minimum atomic E-state index is -0.291. The Morgan fingerprint density at radius 1 is 1.12 bits per heavy atom. The van der Waals surface area contributed by atoms with Crippen molar-refractivity contribution in [3.8, 4) is 11.3 Å². The lowest BCUT2D eigenvalue weighted by molar-refractivity contribution is 0.0955. The summed E-state index contributed by atoms with van der Waals surface area (Å²) in [6.45, 7) is 0. The van der Waals surface area contributed by atoms with Crippen LogP contribution in [-0.2, 0) is 0 Å². The molecule has 4 nitrogen and oxygen atoms in total. The van der Waals surface area contributed by atoms with Gasteiger partial charge in [-0.1, -0.05) is 39.7 Å². The number of nitrogens with one attached hydrogen (secondary N) is 1. The molecule has 0 saturated carbocycles. The Hall–Kier alpha value is -2.37. The Morgan fingerprint density at radius 3 is 2.67 bits per heavy atom. The Bertz CT molecular complexity index is 888. The van der Waals surface area contributed by atoms with Crippen LogP contribution in [0, 0.1) is 0 Å². The minimum absolute atomic E-state index is 0.291. The quantitative estimate of drug-likeness (QED) is 0.485. The predicted octanol–water partition coefficient (Wildman–Crippen LogP) is 5.13. The molecule has 1 N–H and O–H groups in total. The molecule has 0 aliphatic heterocycles. The largest absolute Gasteiger partial charge is 0.455 e. The smallest absolute Gasteiger partial charge is 0.271 e. The number of hydrazone groups is 1. The molecular formula is C18H12BrClN2O2. The number of carbonyl (C=O) groups excluding carboxylic acids is 1. The molecule has 0 bridgehead atoms. The van der Waals surface area contributed by atoms with Crippen LogP contribution in [0.5, 0.6) is 0 Å². The van der Waals surface area contributed by atoms with Gasteiger partial charge in [0, 0.05) is 20.6 Å². The fourth-order valence-corrected chi connectivity index (χ4v) is 2.49. The lowest BCUT2D eigenvalue weighted by Gasteiger charge is -1.99. The number of hydrogen-bond acceptors (Lipinski definition) is 3. The second-order valence-electron chi connectivity index (χ2n) is 4.92. The Morgan fingerprint density at radius 2 is 1.92 bits per heavy atom. The SMILES string of the molecule is O=C(N/N=C/c1ccc(-c2cccc(Cl)c2)o1)c1ccc(Br)cc1.